The molecule has 6 heteroatoms. The highest BCUT2D eigenvalue weighted by atomic mass is 19.1. The maximum Gasteiger partial charge on any atom is 0.223 e. The number of aryl methyl sites for hydroxylation is 2. The van der Waals surface area contributed by atoms with Crippen molar-refractivity contribution in [3.63, 3.8) is 0 Å². The van der Waals surface area contributed by atoms with Crippen LogP contribution in [0, 0.1) is 5.82 Å². The molecule has 0 unspecified atom stereocenters. The zero-order chi connectivity index (χ0) is 20.2. The van der Waals surface area contributed by atoms with Crippen molar-refractivity contribution in [3.05, 3.63) is 90.3 Å². The first-order valence-corrected chi connectivity index (χ1v) is 9.78. The molecule has 0 radical (unpaired) electrons. The van der Waals surface area contributed by atoms with E-state index in [-0.39, 0.29) is 17.6 Å². The quantitative estimate of drug-likeness (QED) is 0.578. The van der Waals surface area contributed by atoms with E-state index in [1.165, 1.54) is 17.7 Å². The van der Waals surface area contributed by atoms with Gasteiger partial charge in [0.05, 0.1) is 5.69 Å². The van der Waals surface area contributed by atoms with E-state index in [1.54, 1.807) is 27.8 Å². The number of carbonyl (C=O) groups excluding carboxylic acids is 1. The van der Waals surface area contributed by atoms with E-state index in [2.05, 4.69) is 18.7 Å². The Labute approximate surface area is 169 Å². The molecule has 1 aliphatic heterocycles. The fraction of sp³-hybridized carbons (Fsp3) is 0.261. The van der Waals surface area contributed by atoms with Crippen molar-refractivity contribution in [3.8, 4) is 5.69 Å². The van der Waals surface area contributed by atoms with E-state index in [9.17, 15) is 9.18 Å². The van der Waals surface area contributed by atoms with Gasteiger partial charge in [0.15, 0.2) is 5.82 Å². The van der Waals surface area contributed by atoms with E-state index < -0.39 is 0 Å². The topological polar surface area (TPSA) is 51.0 Å². The second-order valence-corrected chi connectivity index (χ2v) is 7.25. The van der Waals surface area contributed by atoms with Crippen molar-refractivity contribution in [2.75, 3.05) is 13.1 Å². The monoisotopic (exact) mass is 390 g/mol. The summed E-state index contributed by atoms with van der Waals surface area (Å²) >= 11 is 0. The zero-order valence-corrected chi connectivity index (χ0v) is 16.2. The molecule has 2 heterocycles. The smallest absolute Gasteiger partial charge is 0.223 e. The number of rotatable bonds is 7. The molecule has 0 saturated carbocycles. The molecule has 0 aliphatic carbocycles. The molecule has 3 aromatic rings. The normalized spacial score (nSPS) is 16.4. The fourth-order valence-corrected chi connectivity index (χ4v) is 3.69. The van der Waals surface area contributed by atoms with Crippen LogP contribution in [0.1, 0.15) is 29.6 Å². The van der Waals surface area contributed by atoms with Gasteiger partial charge in [-0.2, -0.15) is 5.10 Å². The van der Waals surface area contributed by atoms with Crippen LogP contribution in [0.15, 0.2) is 67.3 Å². The largest absolute Gasteiger partial charge is 0.338 e. The molecule has 0 bridgehead atoms. The first kappa shape index (κ1) is 19.1. The second-order valence-electron chi connectivity index (χ2n) is 7.25. The minimum absolute atomic E-state index is 0.0505. The number of benzene rings is 2. The van der Waals surface area contributed by atoms with Gasteiger partial charge in [0.1, 0.15) is 11.6 Å². The Morgan fingerprint density at radius 3 is 2.59 bits per heavy atom. The Bertz CT molecular complexity index is 997. The molecule has 5 nitrogen and oxygen atoms in total. The Balaban J connectivity index is 1.63. The summed E-state index contributed by atoms with van der Waals surface area (Å²) in [6.07, 6.45) is 3.66. The van der Waals surface area contributed by atoms with E-state index >= 15 is 0 Å². The summed E-state index contributed by atoms with van der Waals surface area (Å²) in [5.41, 5.74) is 1.97. The van der Waals surface area contributed by atoms with Crippen molar-refractivity contribution in [2.24, 2.45) is 0 Å². The van der Waals surface area contributed by atoms with Gasteiger partial charge >= 0.3 is 0 Å². The van der Waals surface area contributed by atoms with Crippen LogP contribution in [0.4, 0.5) is 4.39 Å². The fourth-order valence-electron chi connectivity index (χ4n) is 3.69. The first-order chi connectivity index (χ1) is 14.1. The minimum atomic E-state index is -0.298. The van der Waals surface area contributed by atoms with E-state index in [0.717, 1.165) is 23.8 Å². The van der Waals surface area contributed by atoms with E-state index in [1.807, 2.05) is 18.2 Å². The predicted octanol–water partition coefficient (Wildman–Crippen LogP) is 3.69. The van der Waals surface area contributed by atoms with Gasteiger partial charge in [0, 0.05) is 31.8 Å². The van der Waals surface area contributed by atoms with Crippen LogP contribution in [0.5, 0.6) is 0 Å². The van der Waals surface area contributed by atoms with Crippen LogP contribution in [-0.4, -0.2) is 38.7 Å². The third-order valence-corrected chi connectivity index (χ3v) is 5.16. The van der Waals surface area contributed by atoms with Crippen molar-refractivity contribution >= 4 is 5.91 Å². The lowest BCUT2D eigenvalue weighted by atomic mass is 10.1. The number of nitrogens with zero attached hydrogens (tertiary/aromatic N) is 4. The van der Waals surface area contributed by atoms with Gasteiger partial charge in [0.25, 0.3) is 0 Å². The first-order valence-electron chi connectivity index (χ1n) is 9.78. The van der Waals surface area contributed by atoms with Crippen molar-refractivity contribution in [2.45, 2.75) is 25.2 Å². The highest BCUT2D eigenvalue weighted by molar-refractivity contribution is 5.79. The van der Waals surface area contributed by atoms with Crippen molar-refractivity contribution in [1.29, 1.82) is 0 Å². The Kier molecular flexibility index (Phi) is 5.51. The summed E-state index contributed by atoms with van der Waals surface area (Å²) in [6, 6.07) is 16.4. The van der Waals surface area contributed by atoms with Crippen LogP contribution < -0.4 is 0 Å². The van der Waals surface area contributed by atoms with Crippen molar-refractivity contribution in [1.82, 2.24) is 19.7 Å². The Hall–Kier alpha value is -3.28. The van der Waals surface area contributed by atoms with Gasteiger partial charge in [-0.05, 0) is 36.2 Å². The molecule has 2 aromatic carbocycles. The summed E-state index contributed by atoms with van der Waals surface area (Å²) in [5, 5.41) is 4.70. The van der Waals surface area contributed by atoms with Crippen LogP contribution in [0.25, 0.3) is 5.69 Å². The number of likely N-dealkylation sites (tertiary alicyclic amines) is 1. The van der Waals surface area contributed by atoms with Gasteiger partial charge in [-0.3, -0.25) is 4.79 Å². The summed E-state index contributed by atoms with van der Waals surface area (Å²) < 4.78 is 15.2. The summed E-state index contributed by atoms with van der Waals surface area (Å²) in [4.78, 5) is 18.9. The van der Waals surface area contributed by atoms with E-state index in [0.29, 0.717) is 25.9 Å². The maximum atomic E-state index is 13.4. The number of hydrogen-bond donors (Lipinski definition) is 0. The van der Waals surface area contributed by atoms with Gasteiger partial charge < -0.3 is 4.90 Å². The molecule has 148 valence electrons. The lowest BCUT2D eigenvalue weighted by molar-refractivity contribution is -0.127. The van der Waals surface area contributed by atoms with Crippen LogP contribution in [0.2, 0.25) is 0 Å². The minimum Gasteiger partial charge on any atom is -0.338 e. The van der Waals surface area contributed by atoms with Crippen molar-refractivity contribution < 1.29 is 9.18 Å². The molecule has 29 heavy (non-hydrogen) atoms. The highest BCUT2D eigenvalue weighted by Crippen LogP contribution is 2.29. The van der Waals surface area contributed by atoms with Crippen LogP contribution >= 0.6 is 0 Å². The molecule has 1 aliphatic rings. The predicted molar refractivity (Wildman–Crippen MR) is 109 cm³/mol. The molecule has 0 N–H and O–H groups in total. The standard InChI is InChI=1S/C23H23FN4O/c1-2-14-27-16-18(15-22(27)29)23-25-21(13-8-17-6-4-3-5-7-17)26-28(23)20-11-9-19(24)10-12-20/h2-7,9-12,18H,1,8,13-16H2/t18-/m0/s1. The Morgan fingerprint density at radius 2 is 1.86 bits per heavy atom. The van der Waals surface area contributed by atoms with Gasteiger partial charge in [-0.25, -0.2) is 14.1 Å². The third-order valence-electron chi connectivity index (χ3n) is 5.16. The number of carbonyl (C=O) groups is 1. The SMILES string of the molecule is C=CCN1C[C@@H](c2nc(CCc3ccccc3)nn2-c2ccc(F)cc2)CC1=O. The maximum absolute atomic E-state index is 13.4. The molecule has 1 aromatic heterocycles. The number of amides is 1. The summed E-state index contributed by atoms with van der Waals surface area (Å²) in [6.45, 7) is 4.84. The average molecular weight is 390 g/mol. The molecule has 4 rings (SSSR count). The zero-order valence-electron chi connectivity index (χ0n) is 16.2. The van der Waals surface area contributed by atoms with Gasteiger partial charge in [0.2, 0.25) is 5.91 Å². The molecule has 1 saturated heterocycles. The number of hydrogen-bond acceptors (Lipinski definition) is 3. The molecule has 1 fully saturated rings. The average Bonchev–Trinajstić information content (AvgIpc) is 3.32. The molecular formula is C23H23FN4O. The number of aromatic nitrogens is 3. The van der Waals surface area contributed by atoms with E-state index in [4.69, 9.17) is 10.1 Å². The summed E-state index contributed by atoms with van der Waals surface area (Å²) in [7, 11) is 0. The summed E-state index contributed by atoms with van der Waals surface area (Å²) in [5.74, 6) is 1.22. The van der Waals surface area contributed by atoms with Crippen LogP contribution in [0.3, 0.4) is 0 Å². The van der Waals surface area contributed by atoms with Gasteiger partial charge in [-0.1, -0.05) is 36.4 Å². The van der Waals surface area contributed by atoms with Gasteiger partial charge in [-0.15, -0.1) is 6.58 Å². The molecule has 1 amide bonds. The lowest BCUT2D eigenvalue weighted by Gasteiger charge is -2.14. The highest BCUT2D eigenvalue weighted by Gasteiger charge is 2.33. The van der Waals surface area contributed by atoms with Crippen LogP contribution in [-0.2, 0) is 17.6 Å². The molecule has 1 atom stereocenters. The lowest BCUT2D eigenvalue weighted by Crippen LogP contribution is -2.25. The second kappa shape index (κ2) is 8.39. The third kappa shape index (κ3) is 4.26. The Morgan fingerprint density at radius 1 is 1.10 bits per heavy atom. The molecule has 0 spiro atoms. The number of halogens is 1. The molecular weight excluding hydrogens is 367 g/mol.